The van der Waals surface area contributed by atoms with Gasteiger partial charge in [0, 0.05) is 13.1 Å². The number of nitriles is 1. The van der Waals surface area contributed by atoms with Crippen LogP contribution in [0.4, 0.5) is 0 Å². The molecule has 0 bridgehead atoms. The Labute approximate surface area is 154 Å². The first-order valence-corrected chi connectivity index (χ1v) is 9.61. The van der Waals surface area contributed by atoms with Crippen LogP contribution in [0.3, 0.4) is 0 Å². The first-order chi connectivity index (χ1) is 12.5. The maximum absolute atomic E-state index is 13.5. The quantitative estimate of drug-likeness (QED) is 0.908. The highest BCUT2D eigenvalue weighted by molar-refractivity contribution is 5.92. The van der Waals surface area contributed by atoms with E-state index in [0.29, 0.717) is 38.8 Å². The third-order valence-corrected chi connectivity index (χ3v) is 6.91. The number of rotatable bonds is 3. The molecule has 2 atom stereocenters. The number of fused-ring (bicyclic) bond motifs is 1. The molecule has 0 spiro atoms. The van der Waals surface area contributed by atoms with Crippen molar-refractivity contribution in [2.24, 2.45) is 22.5 Å². The zero-order valence-electron chi connectivity index (χ0n) is 15.0. The summed E-state index contributed by atoms with van der Waals surface area (Å²) in [6.07, 6.45) is 5.19. The second-order valence-electron chi connectivity index (χ2n) is 8.11. The van der Waals surface area contributed by atoms with Crippen molar-refractivity contribution in [1.29, 1.82) is 5.26 Å². The van der Waals surface area contributed by atoms with Gasteiger partial charge in [0.25, 0.3) is 0 Å². The molecule has 3 aliphatic rings. The minimum absolute atomic E-state index is 0.0135. The Morgan fingerprint density at radius 2 is 1.88 bits per heavy atom. The fraction of sp³-hybridized carbons (Fsp3) is 0.571. The molecule has 2 amide bonds. The van der Waals surface area contributed by atoms with Crippen LogP contribution in [0.15, 0.2) is 24.3 Å². The van der Waals surface area contributed by atoms with Crippen LogP contribution < -0.4 is 5.73 Å². The van der Waals surface area contributed by atoms with Crippen molar-refractivity contribution in [3.05, 3.63) is 35.4 Å². The molecule has 26 heavy (non-hydrogen) atoms. The lowest BCUT2D eigenvalue weighted by atomic mass is 9.57. The molecule has 2 aliphatic carbocycles. The van der Waals surface area contributed by atoms with Gasteiger partial charge in [-0.2, -0.15) is 5.26 Å². The molecule has 1 heterocycles. The third kappa shape index (κ3) is 2.35. The molecular weight excluding hydrogens is 326 g/mol. The van der Waals surface area contributed by atoms with Gasteiger partial charge in [0.05, 0.1) is 22.8 Å². The minimum atomic E-state index is -0.992. The lowest BCUT2D eigenvalue weighted by molar-refractivity contribution is -0.154. The van der Waals surface area contributed by atoms with Crippen LogP contribution in [0.2, 0.25) is 0 Å². The monoisotopic (exact) mass is 351 g/mol. The van der Waals surface area contributed by atoms with Gasteiger partial charge in [-0.25, -0.2) is 0 Å². The summed E-state index contributed by atoms with van der Waals surface area (Å²) in [5.74, 6) is -0.896. The molecule has 0 radical (unpaired) electrons. The van der Waals surface area contributed by atoms with Gasteiger partial charge in [0.1, 0.15) is 0 Å². The Balaban J connectivity index is 1.66. The summed E-state index contributed by atoms with van der Waals surface area (Å²) in [4.78, 5) is 28.0. The van der Waals surface area contributed by atoms with E-state index < -0.39 is 22.7 Å². The van der Waals surface area contributed by atoms with Crippen molar-refractivity contribution in [3.8, 4) is 6.07 Å². The lowest BCUT2D eigenvalue weighted by Crippen LogP contribution is -2.56. The van der Waals surface area contributed by atoms with Gasteiger partial charge < -0.3 is 10.6 Å². The summed E-state index contributed by atoms with van der Waals surface area (Å²) in [6.45, 7) is 1.25. The van der Waals surface area contributed by atoms with Crippen molar-refractivity contribution < 1.29 is 9.59 Å². The summed E-state index contributed by atoms with van der Waals surface area (Å²) >= 11 is 0. The molecular formula is C21H25N3O2. The van der Waals surface area contributed by atoms with Gasteiger partial charge in [-0.15, -0.1) is 0 Å². The number of amides is 2. The highest BCUT2D eigenvalue weighted by Gasteiger charge is 2.68. The molecule has 1 aliphatic heterocycles. The van der Waals surface area contributed by atoms with Crippen LogP contribution in [0.1, 0.15) is 49.7 Å². The highest BCUT2D eigenvalue weighted by atomic mass is 16.2. The highest BCUT2D eigenvalue weighted by Crippen LogP contribution is 2.65. The fourth-order valence-electron chi connectivity index (χ4n) is 5.30. The van der Waals surface area contributed by atoms with Gasteiger partial charge >= 0.3 is 0 Å². The van der Waals surface area contributed by atoms with E-state index in [0.717, 1.165) is 19.3 Å². The maximum atomic E-state index is 13.5. The second-order valence-corrected chi connectivity index (χ2v) is 8.11. The number of hydrogen-bond donors (Lipinski definition) is 1. The number of carbonyl (C=O) groups excluding carboxylic acids is 2. The van der Waals surface area contributed by atoms with Crippen LogP contribution >= 0.6 is 0 Å². The predicted octanol–water partition coefficient (Wildman–Crippen LogP) is 2.54. The van der Waals surface area contributed by atoms with Crippen molar-refractivity contribution in [1.82, 2.24) is 4.90 Å². The standard InChI is InChI=1S/C21H25N3O2/c22-14-20(10-11-20)21(19(23)26)9-4-3-7-17(21)18(25)24-12-8-15-5-1-2-6-16(15)13-24/h1-2,5-6,17H,3-4,7-13H2,(H2,23,26). The topological polar surface area (TPSA) is 87.2 Å². The van der Waals surface area contributed by atoms with Crippen molar-refractivity contribution >= 4 is 11.8 Å². The van der Waals surface area contributed by atoms with Gasteiger partial charge in [0.2, 0.25) is 11.8 Å². The average Bonchev–Trinajstić information content (AvgIpc) is 3.48. The number of nitrogens with zero attached hydrogens (tertiary/aromatic N) is 2. The Morgan fingerprint density at radius 1 is 1.15 bits per heavy atom. The molecule has 2 saturated carbocycles. The van der Waals surface area contributed by atoms with E-state index in [9.17, 15) is 14.9 Å². The lowest BCUT2D eigenvalue weighted by Gasteiger charge is -2.46. The van der Waals surface area contributed by atoms with E-state index in [-0.39, 0.29) is 5.91 Å². The van der Waals surface area contributed by atoms with E-state index >= 15 is 0 Å². The Morgan fingerprint density at radius 3 is 2.54 bits per heavy atom. The van der Waals surface area contributed by atoms with Gasteiger partial charge in [0.15, 0.2) is 0 Å². The molecule has 136 valence electrons. The number of benzene rings is 1. The first kappa shape index (κ1) is 17.1. The summed E-state index contributed by atoms with van der Waals surface area (Å²) < 4.78 is 0. The number of nitrogens with two attached hydrogens (primary N) is 1. The molecule has 5 heteroatoms. The molecule has 2 N–H and O–H groups in total. The molecule has 1 aromatic carbocycles. The summed E-state index contributed by atoms with van der Waals surface area (Å²) in [6, 6.07) is 10.6. The molecule has 4 rings (SSSR count). The molecule has 2 fully saturated rings. The Hall–Kier alpha value is -2.35. The third-order valence-electron chi connectivity index (χ3n) is 6.91. The largest absolute Gasteiger partial charge is 0.369 e. The van der Waals surface area contributed by atoms with Crippen molar-refractivity contribution in [2.45, 2.75) is 51.5 Å². The first-order valence-electron chi connectivity index (χ1n) is 9.61. The molecule has 2 unspecified atom stereocenters. The van der Waals surface area contributed by atoms with Gasteiger partial charge in [-0.05, 0) is 43.2 Å². The second kappa shape index (κ2) is 6.12. The van der Waals surface area contributed by atoms with E-state index in [4.69, 9.17) is 5.73 Å². The van der Waals surface area contributed by atoms with Crippen LogP contribution in [-0.4, -0.2) is 23.3 Å². The minimum Gasteiger partial charge on any atom is -0.369 e. The van der Waals surface area contributed by atoms with Gasteiger partial charge in [-0.3, -0.25) is 9.59 Å². The predicted molar refractivity (Wildman–Crippen MR) is 96.4 cm³/mol. The van der Waals surface area contributed by atoms with E-state index in [2.05, 4.69) is 18.2 Å². The van der Waals surface area contributed by atoms with E-state index in [1.165, 1.54) is 11.1 Å². The molecule has 1 aromatic rings. The zero-order valence-corrected chi connectivity index (χ0v) is 15.0. The normalized spacial score (nSPS) is 29.3. The van der Waals surface area contributed by atoms with Crippen molar-refractivity contribution in [2.75, 3.05) is 6.54 Å². The molecule has 5 nitrogen and oxygen atoms in total. The van der Waals surface area contributed by atoms with E-state index in [1.807, 2.05) is 17.0 Å². The average molecular weight is 351 g/mol. The SMILES string of the molecule is N#CC1(C2(C(N)=O)CCCCC2C(=O)N2CCc3ccccc3C2)CC1. The maximum Gasteiger partial charge on any atom is 0.227 e. The van der Waals surface area contributed by atoms with Crippen LogP contribution in [0.5, 0.6) is 0 Å². The Bertz CT molecular complexity index is 793. The summed E-state index contributed by atoms with van der Waals surface area (Å²) in [7, 11) is 0. The number of primary amides is 1. The van der Waals surface area contributed by atoms with Crippen LogP contribution in [-0.2, 0) is 22.6 Å². The zero-order chi connectivity index (χ0) is 18.4. The molecule has 0 saturated heterocycles. The Kier molecular flexibility index (Phi) is 4.02. The molecule has 0 aromatic heterocycles. The smallest absolute Gasteiger partial charge is 0.227 e. The fourth-order valence-corrected chi connectivity index (χ4v) is 5.30. The summed E-state index contributed by atoms with van der Waals surface area (Å²) in [5, 5.41) is 9.78. The van der Waals surface area contributed by atoms with Crippen LogP contribution in [0, 0.1) is 28.1 Å². The van der Waals surface area contributed by atoms with E-state index in [1.54, 1.807) is 0 Å². The van der Waals surface area contributed by atoms with Gasteiger partial charge in [-0.1, -0.05) is 37.1 Å². The number of carbonyl (C=O) groups is 2. The number of hydrogen-bond acceptors (Lipinski definition) is 3. The van der Waals surface area contributed by atoms with Crippen LogP contribution in [0.25, 0.3) is 0 Å². The summed E-state index contributed by atoms with van der Waals surface area (Å²) in [5.41, 5.74) is 6.62. The van der Waals surface area contributed by atoms with Crippen molar-refractivity contribution in [3.63, 3.8) is 0 Å².